The van der Waals surface area contributed by atoms with Crippen LogP contribution < -0.4 is 0 Å². The zero-order chi connectivity index (χ0) is 14.1. The number of thiophene rings is 1. The van der Waals surface area contributed by atoms with Crippen molar-refractivity contribution in [1.29, 1.82) is 0 Å². The molecule has 0 fully saturated rings. The van der Waals surface area contributed by atoms with Crippen LogP contribution in [-0.2, 0) is 0 Å². The number of hydrogen-bond donors (Lipinski definition) is 0. The van der Waals surface area contributed by atoms with E-state index in [0.29, 0.717) is 0 Å². The van der Waals surface area contributed by atoms with Crippen molar-refractivity contribution >= 4 is 22.2 Å². The Bertz CT molecular complexity index is 900. The molecule has 3 heterocycles. The van der Waals surface area contributed by atoms with Crippen molar-refractivity contribution < 1.29 is 0 Å². The minimum atomic E-state index is 0.935. The van der Waals surface area contributed by atoms with Crippen LogP contribution >= 0.6 is 11.3 Å². The molecule has 0 aliphatic carbocycles. The van der Waals surface area contributed by atoms with Crippen molar-refractivity contribution in [3.8, 4) is 21.8 Å². The summed E-state index contributed by atoms with van der Waals surface area (Å²) in [6.45, 7) is 0. The molecule has 100 valence electrons. The zero-order valence-corrected chi connectivity index (χ0v) is 11.9. The van der Waals surface area contributed by atoms with Crippen LogP contribution in [0.25, 0.3) is 32.7 Å². The number of pyridine rings is 1. The van der Waals surface area contributed by atoms with Gasteiger partial charge in [0.1, 0.15) is 6.33 Å². The molecule has 0 saturated carbocycles. The lowest BCUT2D eigenvalue weighted by Crippen LogP contribution is -1.87. The van der Waals surface area contributed by atoms with Crippen LogP contribution in [0.5, 0.6) is 0 Å². The van der Waals surface area contributed by atoms with Crippen LogP contribution in [0.4, 0.5) is 0 Å². The van der Waals surface area contributed by atoms with Crippen LogP contribution in [0.15, 0.2) is 66.4 Å². The largest absolute Gasteiger partial charge is 0.248 e. The fraction of sp³-hybridized carbons (Fsp3) is 0. The average Bonchev–Trinajstić information content (AvgIpc) is 3.05. The number of rotatable bonds is 2. The molecule has 1 aromatic carbocycles. The Kier molecular flexibility index (Phi) is 2.94. The van der Waals surface area contributed by atoms with Crippen LogP contribution in [0.3, 0.4) is 0 Å². The molecule has 0 spiro atoms. The first kappa shape index (κ1) is 12.2. The maximum Gasteiger partial charge on any atom is 0.116 e. The number of aromatic nitrogens is 3. The van der Waals surface area contributed by atoms with Gasteiger partial charge in [-0.1, -0.05) is 24.3 Å². The van der Waals surface area contributed by atoms with Crippen molar-refractivity contribution in [2.75, 3.05) is 0 Å². The van der Waals surface area contributed by atoms with Gasteiger partial charge in [0.25, 0.3) is 0 Å². The Hall–Kier alpha value is -2.59. The molecule has 21 heavy (non-hydrogen) atoms. The SMILES string of the molecule is c1ccc2nc(-c3ccsc3-c3ccncn3)ccc2c1. The molecule has 0 N–H and O–H groups in total. The second kappa shape index (κ2) is 5.07. The summed E-state index contributed by atoms with van der Waals surface area (Å²) in [6, 6.07) is 16.4. The lowest BCUT2D eigenvalue weighted by Gasteiger charge is -2.04. The maximum absolute atomic E-state index is 4.77. The Morgan fingerprint density at radius 2 is 1.81 bits per heavy atom. The van der Waals surface area contributed by atoms with E-state index in [1.807, 2.05) is 24.3 Å². The first-order valence-corrected chi connectivity index (χ1v) is 7.50. The predicted molar refractivity (Wildman–Crippen MR) is 86.1 cm³/mol. The molecule has 0 unspecified atom stereocenters. The summed E-state index contributed by atoms with van der Waals surface area (Å²) in [5.74, 6) is 0. The summed E-state index contributed by atoms with van der Waals surface area (Å²) in [4.78, 5) is 14.2. The summed E-state index contributed by atoms with van der Waals surface area (Å²) in [6.07, 6.45) is 3.34. The number of hydrogen-bond acceptors (Lipinski definition) is 4. The maximum atomic E-state index is 4.77. The van der Waals surface area contributed by atoms with Gasteiger partial charge in [0.15, 0.2) is 0 Å². The molecule has 0 bridgehead atoms. The lowest BCUT2D eigenvalue weighted by atomic mass is 10.1. The molecule has 0 atom stereocenters. The Labute approximate surface area is 126 Å². The summed E-state index contributed by atoms with van der Waals surface area (Å²) in [5, 5.41) is 3.23. The zero-order valence-electron chi connectivity index (χ0n) is 11.1. The normalized spacial score (nSPS) is 10.9. The van der Waals surface area contributed by atoms with Gasteiger partial charge < -0.3 is 0 Å². The smallest absolute Gasteiger partial charge is 0.116 e. The molecule has 3 aromatic heterocycles. The van der Waals surface area contributed by atoms with Crippen molar-refractivity contribution in [2.45, 2.75) is 0 Å². The van der Waals surface area contributed by atoms with Crippen LogP contribution in [0, 0.1) is 0 Å². The Morgan fingerprint density at radius 1 is 0.857 bits per heavy atom. The highest BCUT2D eigenvalue weighted by atomic mass is 32.1. The third kappa shape index (κ3) is 2.19. The highest BCUT2D eigenvalue weighted by molar-refractivity contribution is 7.14. The molecule has 0 radical (unpaired) electrons. The van der Waals surface area contributed by atoms with Crippen LogP contribution in [-0.4, -0.2) is 15.0 Å². The van der Waals surface area contributed by atoms with Gasteiger partial charge in [0, 0.05) is 17.1 Å². The first-order valence-electron chi connectivity index (χ1n) is 6.62. The third-order valence-corrected chi connectivity index (χ3v) is 4.29. The predicted octanol–water partition coefficient (Wildman–Crippen LogP) is 4.42. The Morgan fingerprint density at radius 3 is 2.71 bits per heavy atom. The van der Waals surface area contributed by atoms with E-state index in [9.17, 15) is 0 Å². The van der Waals surface area contributed by atoms with Crippen molar-refractivity contribution in [3.63, 3.8) is 0 Å². The fourth-order valence-corrected chi connectivity index (χ4v) is 3.23. The monoisotopic (exact) mass is 289 g/mol. The first-order chi connectivity index (χ1) is 10.4. The summed E-state index contributed by atoms with van der Waals surface area (Å²) >= 11 is 1.67. The summed E-state index contributed by atoms with van der Waals surface area (Å²) < 4.78 is 0. The lowest BCUT2D eigenvalue weighted by molar-refractivity contribution is 1.18. The van der Waals surface area contributed by atoms with Gasteiger partial charge in [-0.2, -0.15) is 0 Å². The quantitative estimate of drug-likeness (QED) is 0.548. The minimum Gasteiger partial charge on any atom is -0.248 e. The van der Waals surface area contributed by atoms with E-state index in [1.54, 1.807) is 23.9 Å². The van der Waals surface area contributed by atoms with Crippen molar-refractivity contribution in [2.24, 2.45) is 0 Å². The van der Waals surface area contributed by atoms with Gasteiger partial charge in [-0.3, -0.25) is 0 Å². The summed E-state index contributed by atoms with van der Waals surface area (Å²) in [5.41, 5.74) is 4.04. The third-order valence-electron chi connectivity index (χ3n) is 3.35. The number of para-hydroxylation sites is 1. The number of fused-ring (bicyclic) bond motifs is 1. The van der Waals surface area contributed by atoms with E-state index in [2.05, 4.69) is 39.6 Å². The molecule has 0 aliphatic heterocycles. The second-order valence-electron chi connectivity index (χ2n) is 4.65. The molecule has 0 amide bonds. The van der Waals surface area contributed by atoms with Crippen LogP contribution in [0.1, 0.15) is 0 Å². The summed E-state index contributed by atoms with van der Waals surface area (Å²) in [7, 11) is 0. The molecule has 0 aliphatic rings. The van der Waals surface area contributed by atoms with Crippen molar-refractivity contribution in [3.05, 3.63) is 66.4 Å². The van der Waals surface area contributed by atoms with E-state index in [-0.39, 0.29) is 0 Å². The van der Waals surface area contributed by atoms with Gasteiger partial charge in [0.2, 0.25) is 0 Å². The topological polar surface area (TPSA) is 38.7 Å². The van der Waals surface area contributed by atoms with E-state index >= 15 is 0 Å². The fourth-order valence-electron chi connectivity index (χ4n) is 2.35. The van der Waals surface area contributed by atoms with Gasteiger partial charge in [-0.15, -0.1) is 11.3 Å². The van der Waals surface area contributed by atoms with Gasteiger partial charge in [-0.05, 0) is 29.6 Å². The Balaban J connectivity index is 1.88. The molecule has 4 rings (SSSR count). The average molecular weight is 289 g/mol. The molecule has 0 saturated heterocycles. The molecular formula is C17H11N3S. The minimum absolute atomic E-state index is 0.935. The standard InChI is InChI=1S/C17H11N3S/c1-2-4-14-12(3-1)5-6-15(20-14)13-8-10-21-17(13)16-7-9-18-11-19-16/h1-11H. The van der Waals surface area contributed by atoms with Gasteiger partial charge in [0.05, 0.1) is 21.8 Å². The van der Waals surface area contributed by atoms with Gasteiger partial charge >= 0.3 is 0 Å². The van der Waals surface area contributed by atoms with Gasteiger partial charge in [-0.25, -0.2) is 15.0 Å². The highest BCUT2D eigenvalue weighted by Gasteiger charge is 2.11. The van der Waals surface area contributed by atoms with E-state index in [0.717, 1.165) is 32.7 Å². The second-order valence-corrected chi connectivity index (χ2v) is 5.56. The van der Waals surface area contributed by atoms with E-state index in [1.165, 1.54) is 0 Å². The van der Waals surface area contributed by atoms with Crippen molar-refractivity contribution in [1.82, 2.24) is 15.0 Å². The molecule has 4 aromatic rings. The highest BCUT2D eigenvalue weighted by Crippen LogP contribution is 2.35. The molecular weight excluding hydrogens is 278 g/mol. The number of benzene rings is 1. The molecule has 3 nitrogen and oxygen atoms in total. The van der Waals surface area contributed by atoms with Crippen LogP contribution in [0.2, 0.25) is 0 Å². The molecule has 4 heteroatoms. The number of nitrogens with zero attached hydrogens (tertiary/aromatic N) is 3. The van der Waals surface area contributed by atoms with E-state index < -0.39 is 0 Å². The van der Waals surface area contributed by atoms with E-state index in [4.69, 9.17) is 4.98 Å².